The van der Waals surface area contributed by atoms with E-state index in [0.29, 0.717) is 12.0 Å². The maximum Gasteiger partial charge on any atom is 0.490 e. The van der Waals surface area contributed by atoms with Gasteiger partial charge in [0, 0.05) is 11.7 Å². The van der Waals surface area contributed by atoms with E-state index >= 15 is 0 Å². The van der Waals surface area contributed by atoms with Gasteiger partial charge in [-0.2, -0.15) is 4.90 Å². The summed E-state index contributed by atoms with van der Waals surface area (Å²) >= 11 is 0. The average molecular weight is 366 g/mol. The molecule has 0 radical (unpaired) electrons. The molecule has 0 aliphatic carbocycles. The normalized spacial score (nSPS) is 11.7. The number of pyridine rings is 1. The molecule has 0 saturated carbocycles. The molecule has 8 nitrogen and oxygen atoms in total. The van der Waals surface area contributed by atoms with Gasteiger partial charge in [0.05, 0.1) is 11.9 Å². The monoisotopic (exact) mass is 366 g/mol. The Hall–Kier alpha value is -2.13. The average Bonchev–Trinajstić information content (AvgIpc) is 2.43. The van der Waals surface area contributed by atoms with Gasteiger partial charge >= 0.3 is 19.3 Å². The second-order valence-corrected chi connectivity index (χ2v) is 7.75. The van der Waals surface area contributed by atoms with Crippen LogP contribution in [0.5, 0.6) is 0 Å². The first-order valence-electron chi connectivity index (χ1n) is 8.36. The van der Waals surface area contributed by atoms with Crippen LogP contribution in [0, 0.1) is 0 Å². The molecular weight excluding hydrogens is 339 g/mol. The van der Waals surface area contributed by atoms with E-state index in [0.717, 1.165) is 4.90 Å². The molecule has 1 rings (SSSR count). The molecule has 0 unspecified atom stereocenters. The minimum atomic E-state index is -1.79. The molecule has 0 aromatic carbocycles. The van der Waals surface area contributed by atoms with E-state index in [4.69, 9.17) is 9.47 Å². The minimum absolute atomic E-state index is 0.0848. The summed E-state index contributed by atoms with van der Waals surface area (Å²) in [6, 6.07) is 0. The Kier molecular flexibility index (Phi) is 6.79. The van der Waals surface area contributed by atoms with Gasteiger partial charge in [-0.15, -0.1) is 0 Å². The number of ether oxygens (including phenoxy) is 2. The van der Waals surface area contributed by atoms with Crippen LogP contribution < -0.4 is 10.4 Å². The van der Waals surface area contributed by atoms with Crippen molar-refractivity contribution in [1.82, 2.24) is 4.98 Å². The van der Waals surface area contributed by atoms with Gasteiger partial charge in [0.2, 0.25) is 0 Å². The van der Waals surface area contributed by atoms with Crippen LogP contribution in [0.4, 0.5) is 15.3 Å². The topological polar surface area (TPSA) is 109 Å². The fourth-order valence-electron chi connectivity index (χ4n) is 2.18. The third kappa shape index (κ3) is 6.00. The van der Waals surface area contributed by atoms with E-state index in [1.165, 1.54) is 12.4 Å². The maximum atomic E-state index is 12.7. The second-order valence-electron chi connectivity index (χ2n) is 7.75. The molecule has 1 aromatic rings. The Balaban J connectivity index is 3.48. The first kappa shape index (κ1) is 21.9. The fraction of sp³-hybridized carbons (Fsp3) is 0.588. The zero-order valence-corrected chi connectivity index (χ0v) is 16.4. The largest absolute Gasteiger partial charge is 0.490 e. The van der Waals surface area contributed by atoms with Gasteiger partial charge in [-0.05, 0) is 53.5 Å². The molecule has 0 bridgehead atoms. The van der Waals surface area contributed by atoms with Gasteiger partial charge in [-0.25, -0.2) is 9.59 Å². The lowest BCUT2D eigenvalue weighted by molar-refractivity contribution is 0.0430. The smallest absolute Gasteiger partial charge is 0.443 e. The van der Waals surface area contributed by atoms with E-state index < -0.39 is 30.5 Å². The molecule has 2 N–H and O–H groups in total. The van der Waals surface area contributed by atoms with Crippen LogP contribution in [0.1, 0.15) is 54.0 Å². The number of rotatable bonds is 3. The molecule has 0 spiro atoms. The molecule has 1 aromatic heterocycles. The number of hydrogen-bond donors (Lipinski definition) is 2. The predicted molar refractivity (Wildman–Crippen MR) is 98.4 cm³/mol. The van der Waals surface area contributed by atoms with Crippen molar-refractivity contribution in [3.8, 4) is 0 Å². The van der Waals surface area contributed by atoms with Crippen molar-refractivity contribution >= 4 is 30.5 Å². The minimum Gasteiger partial charge on any atom is -0.443 e. The summed E-state index contributed by atoms with van der Waals surface area (Å²) in [7, 11) is -1.79. The van der Waals surface area contributed by atoms with Gasteiger partial charge in [0.25, 0.3) is 0 Å². The van der Waals surface area contributed by atoms with Gasteiger partial charge < -0.3 is 19.5 Å². The summed E-state index contributed by atoms with van der Waals surface area (Å²) < 4.78 is 10.6. The molecule has 0 aliphatic heterocycles. The van der Waals surface area contributed by atoms with Crippen LogP contribution in [0.15, 0.2) is 12.4 Å². The zero-order valence-electron chi connectivity index (χ0n) is 16.4. The first-order chi connectivity index (χ1) is 11.8. The molecule has 144 valence electrons. The lowest BCUT2D eigenvalue weighted by atomic mass is 9.77. The van der Waals surface area contributed by atoms with E-state index in [2.05, 4.69) is 4.98 Å². The van der Waals surface area contributed by atoms with Crippen molar-refractivity contribution in [2.24, 2.45) is 0 Å². The molecule has 9 heteroatoms. The predicted octanol–water partition coefficient (Wildman–Crippen LogP) is 2.00. The Bertz CT molecular complexity index is 636. The number of carbonyl (C=O) groups is 2. The zero-order chi connectivity index (χ0) is 20.3. The van der Waals surface area contributed by atoms with E-state index in [-0.39, 0.29) is 11.2 Å². The lowest BCUT2D eigenvalue weighted by Crippen LogP contribution is -2.45. The van der Waals surface area contributed by atoms with Crippen LogP contribution in [0.3, 0.4) is 0 Å². The molecule has 0 aliphatic rings. The summed E-state index contributed by atoms with van der Waals surface area (Å²) in [5.74, 6) is 0. The van der Waals surface area contributed by atoms with Crippen molar-refractivity contribution in [3.05, 3.63) is 18.0 Å². The van der Waals surface area contributed by atoms with Crippen molar-refractivity contribution in [1.29, 1.82) is 0 Å². The van der Waals surface area contributed by atoms with Crippen LogP contribution in [-0.4, -0.2) is 45.5 Å². The Labute approximate surface area is 154 Å². The molecule has 2 amide bonds. The number of imide groups is 1. The summed E-state index contributed by atoms with van der Waals surface area (Å²) in [6.07, 6.45) is 1.02. The highest BCUT2D eigenvalue weighted by atomic mass is 16.6. The highest BCUT2D eigenvalue weighted by Gasteiger charge is 2.35. The van der Waals surface area contributed by atoms with E-state index in [9.17, 15) is 19.6 Å². The number of aromatic nitrogens is 1. The summed E-state index contributed by atoms with van der Waals surface area (Å²) in [6.45, 7) is 11.8. The van der Waals surface area contributed by atoms with Crippen LogP contribution in [-0.2, 0) is 15.9 Å². The Morgan fingerprint density at radius 2 is 1.50 bits per heavy atom. The van der Waals surface area contributed by atoms with Crippen molar-refractivity contribution in [3.63, 3.8) is 0 Å². The number of carbonyl (C=O) groups excluding carboxylic acids is 2. The van der Waals surface area contributed by atoms with E-state index in [1.54, 1.807) is 48.5 Å². The number of anilines is 1. The van der Waals surface area contributed by atoms with Crippen molar-refractivity contribution in [2.75, 3.05) is 4.90 Å². The molecule has 1 heterocycles. The number of nitrogens with zero attached hydrogens (tertiary/aromatic N) is 2. The van der Waals surface area contributed by atoms with E-state index in [1.807, 2.05) is 0 Å². The lowest BCUT2D eigenvalue weighted by Gasteiger charge is -2.29. The fourth-order valence-corrected chi connectivity index (χ4v) is 2.18. The molecule has 0 atom stereocenters. The summed E-state index contributed by atoms with van der Waals surface area (Å²) in [4.78, 5) is 30.0. The van der Waals surface area contributed by atoms with Crippen LogP contribution >= 0.6 is 0 Å². The third-order valence-electron chi connectivity index (χ3n) is 3.09. The molecular formula is C17H27BN2O6. The molecule has 26 heavy (non-hydrogen) atoms. The summed E-state index contributed by atoms with van der Waals surface area (Å²) in [5, 5.41) is 19.1. The van der Waals surface area contributed by atoms with Gasteiger partial charge in [-0.3, -0.25) is 4.98 Å². The highest BCUT2D eigenvalue weighted by molar-refractivity contribution is 6.59. The van der Waals surface area contributed by atoms with Gasteiger partial charge in [0.1, 0.15) is 11.2 Å². The van der Waals surface area contributed by atoms with Crippen LogP contribution in [0.25, 0.3) is 0 Å². The van der Waals surface area contributed by atoms with Gasteiger partial charge in [0.15, 0.2) is 0 Å². The van der Waals surface area contributed by atoms with Crippen molar-refractivity contribution in [2.45, 2.75) is 66.1 Å². The van der Waals surface area contributed by atoms with Gasteiger partial charge in [-0.1, -0.05) is 6.92 Å². The molecule has 0 fully saturated rings. The summed E-state index contributed by atoms with van der Waals surface area (Å²) in [5.41, 5.74) is -1.12. The standard InChI is InChI=1S/C17H27BN2O6/c1-8-11-12(18(23)24)9-19-10-13(11)20(14(21)25-16(2,3)4)15(22)26-17(5,6)7/h9-10,23-24H,8H2,1-7H3. The van der Waals surface area contributed by atoms with Crippen LogP contribution in [0.2, 0.25) is 0 Å². The second kappa shape index (κ2) is 8.05. The van der Waals surface area contributed by atoms with Crippen molar-refractivity contribution < 1.29 is 29.1 Å². The third-order valence-corrected chi connectivity index (χ3v) is 3.09. The molecule has 0 saturated heterocycles. The quantitative estimate of drug-likeness (QED) is 0.788. The number of hydrogen-bond acceptors (Lipinski definition) is 7. The highest BCUT2D eigenvalue weighted by Crippen LogP contribution is 2.24. The maximum absolute atomic E-state index is 12.7. The Morgan fingerprint density at radius 1 is 1.04 bits per heavy atom. The first-order valence-corrected chi connectivity index (χ1v) is 8.36. The SMILES string of the molecule is CCc1c(B(O)O)cncc1N(C(=O)OC(C)(C)C)C(=O)OC(C)(C)C. The Morgan fingerprint density at radius 3 is 1.85 bits per heavy atom. The number of amides is 2.